The van der Waals surface area contributed by atoms with E-state index in [2.05, 4.69) is 4.98 Å². The number of aromatic nitrogens is 1. The number of ether oxygens (including phenoxy) is 2. The van der Waals surface area contributed by atoms with Crippen molar-refractivity contribution in [3.63, 3.8) is 0 Å². The number of benzene rings is 1. The number of likely N-dealkylation sites (tertiary alicyclic amines) is 1. The van der Waals surface area contributed by atoms with Crippen molar-refractivity contribution >= 4 is 17.4 Å². The molecular weight excluding hydrogens is 396 g/mol. The summed E-state index contributed by atoms with van der Waals surface area (Å²) in [5.74, 6) is -0.518. The lowest BCUT2D eigenvalue weighted by molar-refractivity contribution is -0.141. The van der Waals surface area contributed by atoms with Gasteiger partial charge in [0.05, 0.1) is 25.8 Å². The Morgan fingerprint density at radius 3 is 2.32 bits per heavy atom. The van der Waals surface area contributed by atoms with Crippen LogP contribution in [0.2, 0.25) is 0 Å². The molecule has 31 heavy (non-hydrogen) atoms. The number of hydrogen-bond acceptors (Lipinski definition) is 6. The van der Waals surface area contributed by atoms with Crippen LogP contribution in [0, 0.1) is 0 Å². The fraction of sp³-hybridized carbons (Fsp3) is 0.375. The smallest absolute Gasteiger partial charge is 0.295 e. The molecule has 2 aliphatic rings. The van der Waals surface area contributed by atoms with Gasteiger partial charge in [0.25, 0.3) is 11.7 Å². The normalized spacial score (nSPS) is 21.4. The molecule has 162 valence electrons. The summed E-state index contributed by atoms with van der Waals surface area (Å²) in [6.07, 6.45) is 8.14. The molecule has 1 aliphatic carbocycles. The van der Waals surface area contributed by atoms with Crippen molar-refractivity contribution in [2.75, 3.05) is 14.2 Å². The Morgan fingerprint density at radius 1 is 1.00 bits per heavy atom. The molecule has 1 aromatic carbocycles. The zero-order valence-electron chi connectivity index (χ0n) is 17.7. The minimum absolute atomic E-state index is 0.0286. The maximum absolute atomic E-state index is 13.2. The Balaban J connectivity index is 1.86. The highest BCUT2D eigenvalue weighted by Crippen LogP contribution is 2.43. The van der Waals surface area contributed by atoms with Gasteiger partial charge in [-0.25, -0.2) is 0 Å². The second kappa shape index (κ2) is 8.79. The molecule has 1 unspecified atom stereocenters. The number of hydrogen-bond donors (Lipinski definition) is 1. The van der Waals surface area contributed by atoms with Gasteiger partial charge in [-0.15, -0.1) is 0 Å². The third-order valence-corrected chi connectivity index (χ3v) is 6.13. The van der Waals surface area contributed by atoms with Crippen LogP contribution in [0.1, 0.15) is 49.3 Å². The molecule has 1 atom stereocenters. The van der Waals surface area contributed by atoms with Gasteiger partial charge in [0.15, 0.2) is 11.5 Å². The first kappa shape index (κ1) is 20.9. The van der Waals surface area contributed by atoms with E-state index in [-0.39, 0.29) is 17.4 Å². The van der Waals surface area contributed by atoms with Crippen LogP contribution in [0.4, 0.5) is 0 Å². The summed E-state index contributed by atoms with van der Waals surface area (Å²) in [5.41, 5.74) is 1.23. The van der Waals surface area contributed by atoms with Crippen molar-refractivity contribution in [3.05, 3.63) is 59.4 Å². The molecule has 1 N–H and O–H groups in total. The predicted molar refractivity (Wildman–Crippen MR) is 115 cm³/mol. The standard InChI is InChI=1S/C24H26N2O5/c1-30-18-9-8-16(14-19(18)31-2)22(27)20-21(15-10-12-25-13-11-15)26(24(29)23(20)28)17-6-4-3-5-7-17/h8-14,17,21,27H,3-7H2,1-2H3/b22-20-. The van der Waals surface area contributed by atoms with Gasteiger partial charge in [-0.3, -0.25) is 14.6 Å². The van der Waals surface area contributed by atoms with E-state index in [1.165, 1.54) is 14.2 Å². The highest BCUT2D eigenvalue weighted by atomic mass is 16.5. The molecule has 1 saturated carbocycles. The molecule has 0 bridgehead atoms. The van der Waals surface area contributed by atoms with Crippen molar-refractivity contribution < 1.29 is 24.2 Å². The average Bonchev–Trinajstić information content (AvgIpc) is 3.09. The Kier molecular flexibility index (Phi) is 5.93. The third kappa shape index (κ3) is 3.76. The Labute approximate surface area is 181 Å². The van der Waals surface area contributed by atoms with Crippen LogP contribution >= 0.6 is 0 Å². The summed E-state index contributed by atoms with van der Waals surface area (Å²) >= 11 is 0. The molecule has 1 aromatic heterocycles. The SMILES string of the molecule is COc1ccc(/C(O)=C2/C(=O)C(=O)N(C3CCCCC3)C2c2ccncc2)cc1OC. The number of ketones is 1. The van der Waals surface area contributed by atoms with Crippen molar-refractivity contribution in [2.45, 2.75) is 44.2 Å². The number of methoxy groups -OCH3 is 2. The van der Waals surface area contributed by atoms with Gasteiger partial charge in [-0.2, -0.15) is 0 Å². The molecule has 7 nitrogen and oxygen atoms in total. The minimum atomic E-state index is -0.667. The molecule has 1 aliphatic heterocycles. The summed E-state index contributed by atoms with van der Waals surface area (Å²) in [4.78, 5) is 32.0. The first-order chi connectivity index (χ1) is 15.1. The van der Waals surface area contributed by atoms with Gasteiger partial charge >= 0.3 is 0 Å². The minimum Gasteiger partial charge on any atom is -0.507 e. The number of amides is 1. The molecule has 0 radical (unpaired) electrons. The quantitative estimate of drug-likeness (QED) is 0.447. The van der Waals surface area contributed by atoms with Gasteiger partial charge in [0.2, 0.25) is 0 Å². The lowest BCUT2D eigenvalue weighted by Gasteiger charge is -2.35. The number of carbonyl (C=O) groups is 2. The van der Waals surface area contributed by atoms with Crippen LogP contribution < -0.4 is 9.47 Å². The van der Waals surface area contributed by atoms with Gasteiger partial charge < -0.3 is 19.5 Å². The first-order valence-corrected chi connectivity index (χ1v) is 10.5. The Morgan fingerprint density at radius 2 is 1.68 bits per heavy atom. The second-order valence-corrected chi connectivity index (χ2v) is 7.85. The molecular formula is C24H26N2O5. The number of aliphatic hydroxyl groups excluding tert-OH is 1. The zero-order valence-corrected chi connectivity index (χ0v) is 17.7. The third-order valence-electron chi connectivity index (χ3n) is 6.13. The van der Waals surface area contributed by atoms with E-state index in [1.54, 1.807) is 47.6 Å². The number of pyridine rings is 1. The van der Waals surface area contributed by atoms with Gasteiger partial charge in [0, 0.05) is 24.0 Å². The Bertz CT molecular complexity index is 1010. The molecule has 1 saturated heterocycles. The highest BCUT2D eigenvalue weighted by Gasteiger charge is 2.48. The van der Waals surface area contributed by atoms with Crippen molar-refractivity contribution in [1.82, 2.24) is 9.88 Å². The summed E-state index contributed by atoms with van der Waals surface area (Å²) in [5, 5.41) is 11.2. The number of nitrogens with zero attached hydrogens (tertiary/aromatic N) is 2. The van der Waals surface area contributed by atoms with Crippen molar-refractivity contribution in [1.29, 1.82) is 0 Å². The van der Waals surface area contributed by atoms with Crippen LogP contribution in [0.15, 0.2) is 48.3 Å². The Hall–Kier alpha value is -3.35. The molecule has 7 heteroatoms. The number of aliphatic hydroxyl groups is 1. The molecule has 2 aromatic rings. The summed E-state index contributed by atoms with van der Waals surface area (Å²) < 4.78 is 10.6. The first-order valence-electron chi connectivity index (χ1n) is 10.5. The number of Topliss-reactive ketones (excluding diaryl/α,β-unsaturated/α-hetero) is 1. The van der Waals surface area contributed by atoms with Gasteiger partial charge in [-0.05, 0) is 48.7 Å². The van der Waals surface area contributed by atoms with E-state index in [0.717, 1.165) is 37.7 Å². The summed E-state index contributed by atoms with van der Waals surface area (Å²) in [6, 6.07) is 7.80. The van der Waals surface area contributed by atoms with E-state index < -0.39 is 17.7 Å². The molecule has 1 amide bonds. The highest BCUT2D eigenvalue weighted by molar-refractivity contribution is 6.46. The summed E-state index contributed by atoms with van der Waals surface area (Å²) in [7, 11) is 3.02. The van der Waals surface area contributed by atoms with Gasteiger partial charge in [0.1, 0.15) is 5.76 Å². The second-order valence-electron chi connectivity index (χ2n) is 7.85. The summed E-state index contributed by atoms with van der Waals surface area (Å²) in [6.45, 7) is 0. The van der Waals surface area contributed by atoms with Crippen LogP contribution in [0.25, 0.3) is 5.76 Å². The number of rotatable bonds is 5. The monoisotopic (exact) mass is 422 g/mol. The maximum atomic E-state index is 13.2. The molecule has 2 fully saturated rings. The largest absolute Gasteiger partial charge is 0.507 e. The van der Waals surface area contributed by atoms with E-state index in [4.69, 9.17) is 9.47 Å². The van der Waals surface area contributed by atoms with Crippen LogP contribution in [-0.2, 0) is 9.59 Å². The fourth-order valence-electron chi connectivity index (χ4n) is 4.60. The van der Waals surface area contributed by atoms with E-state index in [1.807, 2.05) is 0 Å². The van der Waals surface area contributed by atoms with Crippen molar-refractivity contribution in [3.8, 4) is 11.5 Å². The van der Waals surface area contributed by atoms with Gasteiger partial charge in [-0.1, -0.05) is 19.3 Å². The maximum Gasteiger partial charge on any atom is 0.295 e. The average molecular weight is 422 g/mol. The van der Waals surface area contributed by atoms with E-state index >= 15 is 0 Å². The number of carbonyl (C=O) groups excluding carboxylic acids is 2. The predicted octanol–water partition coefficient (Wildman–Crippen LogP) is 3.85. The molecule has 2 heterocycles. The molecule has 0 spiro atoms. The topological polar surface area (TPSA) is 89.0 Å². The van der Waals surface area contributed by atoms with Crippen LogP contribution in [0.5, 0.6) is 11.5 Å². The van der Waals surface area contributed by atoms with E-state index in [0.29, 0.717) is 17.1 Å². The molecule has 4 rings (SSSR count). The van der Waals surface area contributed by atoms with Crippen molar-refractivity contribution in [2.24, 2.45) is 0 Å². The fourth-order valence-corrected chi connectivity index (χ4v) is 4.60. The lowest BCUT2D eigenvalue weighted by Crippen LogP contribution is -2.40. The van der Waals surface area contributed by atoms with E-state index in [9.17, 15) is 14.7 Å². The lowest BCUT2D eigenvalue weighted by atomic mass is 9.91. The zero-order chi connectivity index (χ0) is 22.0. The van der Waals surface area contributed by atoms with Crippen LogP contribution in [-0.4, -0.2) is 46.9 Å². The van der Waals surface area contributed by atoms with Crippen LogP contribution in [0.3, 0.4) is 0 Å².